The van der Waals surface area contributed by atoms with Crippen molar-refractivity contribution in [2.45, 2.75) is 0 Å². The molecule has 8 aromatic carbocycles. The van der Waals surface area contributed by atoms with Gasteiger partial charge in [0.1, 0.15) is 16.7 Å². The van der Waals surface area contributed by atoms with Gasteiger partial charge in [0.2, 0.25) is 0 Å². The van der Waals surface area contributed by atoms with E-state index in [2.05, 4.69) is 144 Å². The van der Waals surface area contributed by atoms with Gasteiger partial charge in [0.15, 0.2) is 5.58 Å². The molecule has 0 aliphatic carbocycles. The summed E-state index contributed by atoms with van der Waals surface area (Å²) in [5.74, 6) is 0. The minimum Gasteiger partial charge on any atom is -0.456 e. The van der Waals surface area contributed by atoms with Gasteiger partial charge in [-0.3, -0.25) is 0 Å². The summed E-state index contributed by atoms with van der Waals surface area (Å²) in [6.07, 6.45) is 0. The summed E-state index contributed by atoms with van der Waals surface area (Å²) < 4.78 is 12.8. The van der Waals surface area contributed by atoms with Crippen molar-refractivity contribution in [2.24, 2.45) is 0 Å². The zero-order chi connectivity index (χ0) is 30.9. The Morgan fingerprint density at radius 2 is 0.915 bits per heavy atom. The second-order valence-electron chi connectivity index (χ2n) is 12.1. The molecule has 0 saturated carbocycles. The van der Waals surface area contributed by atoms with Gasteiger partial charge in [-0.05, 0) is 64.4 Å². The van der Waals surface area contributed by atoms with Crippen molar-refractivity contribution >= 4 is 82.5 Å². The van der Waals surface area contributed by atoms with E-state index in [9.17, 15) is 0 Å². The average molecular weight is 602 g/mol. The normalized spacial score (nSPS) is 11.8. The van der Waals surface area contributed by atoms with Gasteiger partial charge in [0, 0.05) is 32.3 Å². The van der Waals surface area contributed by atoms with E-state index in [1.807, 2.05) is 24.3 Å². The molecule has 0 radical (unpaired) electrons. The standard InChI is InChI=1S/C44H27NO2/c1-2-13-31-28(11-1)12-9-19-38(31)45(40-20-10-18-36-34-16-5-8-22-42(34)47-44(36)40)39-25-24-30(32-14-3-4-15-33(32)39)29-23-26-43-37(27-29)35-17-6-7-21-41(35)46-43/h1-27H. The van der Waals surface area contributed by atoms with Crippen LogP contribution in [0.1, 0.15) is 0 Å². The summed E-state index contributed by atoms with van der Waals surface area (Å²) in [5, 5.41) is 9.17. The molecule has 220 valence electrons. The summed E-state index contributed by atoms with van der Waals surface area (Å²) in [7, 11) is 0. The Kier molecular flexibility index (Phi) is 5.57. The Labute approximate surface area is 270 Å². The van der Waals surface area contributed by atoms with E-state index in [1.165, 1.54) is 21.7 Å². The van der Waals surface area contributed by atoms with Crippen molar-refractivity contribution in [1.29, 1.82) is 0 Å². The fraction of sp³-hybridized carbons (Fsp3) is 0. The van der Waals surface area contributed by atoms with Crippen LogP contribution in [0, 0.1) is 0 Å². The van der Waals surface area contributed by atoms with Crippen molar-refractivity contribution in [3.63, 3.8) is 0 Å². The Morgan fingerprint density at radius 3 is 1.77 bits per heavy atom. The van der Waals surface area contributed by atoms with E-state index < -0.39 is 0 Å². The largest absolute Gasteiger partial charge is 0.456 e. The van der Waals surface area contributed by atoms with Gasteiger partial charge in [-0.2, -0.15) is 0 Å². The highest BCUT2D eigenvalue weighted by Gasteiger charge is 2.23. The highest BCUT2D eigenvalue weighted by molar-refractivity contribution is 6.15. The summed E-state index contributed by atoms with van der Waals surface area (Å²) in [6.45, 7) is 0. The molecule has 0 saturated heterocycles. The molecule has 10 aromatic rings. The molecule has 2 heterocycles. The van der Waals surface area contributed by atoms with Crippen molar-refractivity contribution in [3.8, 4) is 11.1 Å². The van der Waals surface area contributed by atoms with E-state index >= 15 is 0 Å². The average Bonchev–Trinajstić information content (AvgIpc) is 3.70. The quantitative estimate of drug-likeness (QED) is 0.201. The predicted octanol–water partition coefficient (Wildman–Crippen LogP) is 12.9. The van der Waals surface area contributed by atoms with Crippen molar-refractivity contribution in [3.05, 3.63) is 164 Å². The molecular weight excluding hydrogens is 574 g/mol. The van der Waals surface area contributed by atoms with Gasteiger partial charge in [-0.25, -0.2) is 0 Å². The summed E-state index contributed by atoms with van der Waals surface area (Å²) in [6, 6.07) is 57.9. The van der Waals surface area contributed by atoms with Gasteiger partial charge < -0.3 is 13.7 Å². The molecule has 0 aliphatic rings. The third-order valence-corrected chi connectivity index (χ3v) is 9.46. The van der Waals surface area contributed by atoms with Crippen LogP contribution in [0.25, 0.3) is 76.5 Å². The Bertz CT molecular complexity index is 2820. The zero-order valence-corrected chi connectivity index (χ0v) is 25.4. The summed E-state index contributed by atoms with van der Waals surface area (Å²) in [4.78, 5) is 2.38. The van der Waals surface area contributed by atoms with Gasteiger partial charge in [0.05, 0.1) is 17.1 Å². The van der Waals surface area contributed by atoms with Crippen LogP contribution in [0.2, 0.25) is 0 Å². The fourth-order valence-corrected chi connectivity index (χ4v) is 7.32. The van der Waals surface area contributed by atoms with Gasteiger partial charge in [0.25, 0.3) is 0 Å². The smallest absolute Gasteiger partial charge is 0.159 e. The van der Waals surface area contributed by atoms with E-state index in [0.29, 0.717) is 0 Å². The van der Waals surface area contributed by atoms with Gasteiger partial charge >= 0.3 is 0 Å². The summed E-state index contributed by atoms with van der Waals surface area (Å²) in [5.41, 5.74) is 9.08. The molecule has 0 N–H and O–H groups in total. The molecule has 0 aliphatic heterocycles. The highest BCUT2D eigenvalue weighted by Crippen LogP contribution is 2.47. The highest BCUT2D eigenvalue weighted by atomic mass is 16.3. The first kappa shape index (κ1) is 26.0. The fourth-order valence-electron chi connectivity index (χ4n) is 7.32. The first-order chi connectivity index (χ1) is 23.3. The molecule has 0 amide bonds. The molecule has 0 fully saturated rings. The molecule has 3 heteroatoms. The minimum absolute atomic E-state index is 0.868. The molecule has 0 unspecified atom stereocenters. The Morgan fingerprint density at radius 1 is 0.340 bits per heavy atom. The number of hydrogen-bond donors (Lipinski definition) is 0. The third-order valence-electron chi connectivity index (χ3n) is 9.46. The van der Waals surface area contributed by atoms with E-state index in [-0.39, 0.29) is 0 Å². The molecule has 0 spiro atoms. The van der Waals surface area contributed by atoms with Crippen LogP contribution in [0.4, 0.5) is 17.1 Å². The second-order valence-corrected chi connectivity index (χ2v) is 12.1. The third kappa shape index (κ3) is 3.93. The molecule has 0 bridgehead atoms. The first-order valence-corrected chi connectivity index (χ1v) is 15.9. The molecule has 47 heavy (non-hydrogen) atoms. The lowest BCUT2D eigenvalue weighted by Crippen LogP contribution is -2.11. The maximum Gasteiger partial charge on any atom is 0.159 e. The number of rotatable bonds is 4. The lowest BCUT2D eigenvalue weighted by Gasteiger charge is -2.28. The van der Waals surface area contributed by atoms with Gasteiger partial charge in [-0.1, -0.05) is 121 Å². The van der Waals surface area contributed by atoms with Crippen LogP contribution in [-0.4, -0.2) is 0 Å². The first-order valence-electron chi connectivity index (χ1n) is 15.9. The molecule has 0 atom stereocenters. The van der Waals surface area contributed by atoms with Crippen LogP contribution in [0.5, 0.6) is 0 Å². The van der Waals surface area contributed by atoms with Crippen LogP contribution >= 0.6 is 0 Å². The van der Waals surface area contributed by atoms with Crippen molar-refractivity contribution < 1.29 is 8.83 Å². The van der Waals surface area contributed by atoms with Crippen molar-refractivity contribution in [1.82, 2.24) is 0 Å². The summed E-state index contributed by atoms with van der Waals surface area (Å²) >= 11 is 0. The van der Waals surface area contributed by atoms with E-state index in [4.69, 9.17) is 8.83 Å². The Balaban J connectivity index is 1.26. The van der Waals surface area contributed by atoms with E-state index in [0.717, 1.165) is 71.9 Å². The minimum atomic E-state index is 0.868. The number of benzene rings is 8. The molecular formula is C44H27NO2. The number of para-hydroxylation sites is 3. The maximum absolute atomic E-state index is 6.64. The monoisotopic (exact) mass is 601 g/mol. The lowest BCUT2D eigenvalue weighted by atomic mass is 9.95. The number of furan rings is 2. The zero-order valence-electron chi connectivity index (χ0n) is 25.4. The number of nitrogens with zero attached hydrogens (tertiary/aromatic N) is 1. The number of fused-ring (bicyclic) bond motifs is 8. The second kappa shape index (κ2) is 10.1. The topological polar surface area (TPSA) is 29.5 Å². The lowest BCUT2D eigenvalue weighted by molar-refractivity contribution is 0.668. The Hall–Kier alpha value is -6.32. The van der Waals surface area contributed by atoms with E-state index in [1.54, 1.807) is 0 Å². The maximum atomic E-state index is 6.64. The van der Waals surface area contributed by atoms with Gasteiger partial charge in [-0.15, -0.1) is 0 Å². The van der Waals surface area contributed by atoms with Crippen LogP contribution in [0.3, 0.4) is 0 Å². The molecule has 2 aromatic heterocycles. The van der Waals surface area contributed by atoms with Crippen molar-refractivity contribution in [2.75, 3.05) is 4.90 Å². The van der Waals surface area contributed by atoms with Crippen LogP contribution in [-0.2, 0) is 0 Å². The molecule has 10 rings (SSSR count). The molecule has 3 nitrogen and oxygen atoms in total. The predicted molar refractivity (Wildman–Crippen MR) is 196 cm³/mol. The van der Waals surface area contributed by atoms with Crippen LogP contribution in [0.15, 0.2) is 173 Å². The number of anilines is 3. The number of hydrogen-bond acceptors (Lipinski definition) is 3. The SMILES string of the molecule is c1ccc2c(N(c3ccc(-c4ccc5oc6ccccc6c5c4)c4ccccc34)c3cccc4c3oc3ccccc34)cccc2c1. The van der Waals surface area contributed by atoms with Crippen LogP contribution < -0.4 is 4.90 Å².